The molecular weight excluding hydrogens is 234 g/mol. The van der Waals surface area contributed by atoms with Crippen molar-refractivity contribution in [1.29, 1.82) is 0 Å². The number of likely N-dealkylation sites (tertiary alicyclic amines) is 1. The molecular formula is C13H13NO4. The Bertz CT molecular complexity index is 473. The first-order valence-corrected chi connectivity index (χ1v) is 6.49. The van der Waals surface area contributed by atoms with E-state index in [-0.39, 0.29) is 59.9 Å². The van der Waals surface area contributed by atoms with E-state index in [4.69, 9.17) is 9.47 Å². The zero-order valence-electron chi connectivity index (χ0n) is 9.85. The highest BCUT2D eigenvalue weighted by Crippen LogP contribution is 2.60. The highest BCUT2D eigenvalue weighted by Gasteiger charge is 2.72. The fourth-order valence-corrected chi connectivity index (χ4v) is 4.74. The number of carbonyl (C=O) groups is 2. The zero-order valence-corrected chi connectivity index (χ0v) is 9.85. The first kappa shape index (κ1) is 9.69. The van der Waals surface area contributed by atoms with E-state index in [0.29, 0.717) is 0 Å². The lowest BCUT2D eigenvalue weighted by Gasteiger charge is -2.30. The molecule has 0 aromatic rings. The molecule has 0 aliphatic carbocycles. The highest BCUT2D eigenvalue weighted by molar-refractivity contribution is 6.06. The Morgan fingerprint density at radius 3 is 1.94 bits per heavy atom. The summed E-state index contributed by atoms with van der Waals surface area (Å²) in [5.41, 5.74) is 0. The van der Waals surface area contributed by atoms with Gasteiger partial charge in [-0.3, -0.25) is 14.5 Å². The maximum Gasteiger partial charge on any atom is 0.235 e. The molecule has 0 radical (unpaired) electrons. The number of imide groups is 1. The van der Waals surface area contributed by atoms with Crippen LogP contribution in [-0.4, -0.2) is 48.2 Å². The van der Waals surface area contributed by atoms with E-state index in [1.165, 1.54) is 4.90 Å². The van der Waals surface area contributed by atoms with Crippen molar-refractivity contribution in [2.24, 2.45) is 23.7 Å². The van der Waals surface area contributed by atoms with E-state index in [1.807, 2.05) is 0 Å². The number of fused-ring (bicyclic) bond motifs is 12. The van der Waals surface area contributed by atoms with E-state index in [0.717, 1.165) is 0 Å². The molecule has 0 aromatic carbocycles. The summed E-state index contributed by atoms with van der Waals surface area (Å²) in [6.45, 7) is 0. The molecule has 94 valence electrons. The molecule has 2 amide bonds. The van der Waals surface area contributed by atoms with E-state index in [2.05, 4.69) is 12.2 Å². The summed E-state index contributed by atoms with van der Waals surface area (Å²) < 4.78 is 11.8. The number of hydrogen-bond acceptors (Lipinski definition) is 4. The normalized spacial score (nSPS) is 58.8. The molecule has 18 heavy (non-hydrogen) atoms. The first-order valence-electron chi connectivity index (χ1n) is 6.49. The summed E-state index contributed by atoms with van der Waals surface area (Å²) in [5.74, 6) is -0.107. The standard InChI is InChI=1S/C13H13NO4/c1-14-12(15)8-9(13(14)16)11-7-5-3-2-4(17-5)6(7)10(8)18-11/h2-11H,1H3/t4-,5+,6+,7-,8+,9-,10+,11-. The summed E-state index contributed by atoms with van der Waals surface area (Å²) in [6.07, 6.45) is 4.10. The van der Waals surface area contributed by atoms with Gasteiger partial charge < -0.3 is 9.47 Å². The van der Waals surface area contributed by atoms with E-state index in [9.17, 15) is 9.59 Å². The minimum absolute atomic E-state index is 0.0669. The van der Waals surface area contributed by atoms with E-state index >= 15 is 0 Å². The van der Waals surface area contributed by atoms with Gasteiger partial charge in [-0.15, -0.1) is 0 Å². The van der Waals surface area contributed by atoms with Crippen LogP contribution in [0.25, 0.3) is 0 Å². The molecule has 0 aromatic heterocycles. The molecule has 4 bridgehead atoms. The molecule has 5 heterocycles. The van der Waals surface area contributed by atoms with Crippen LogP contribution in [0.3, 0.4) is 0 Å². The minimum atomic E-state index is -0.259. The summed E-state index contributed by atoms with van der Waals surface area (Å²) in [6, 6.07) is 0. The minimum Gasteiger partial charge on any atom is -0.372 e. The van der Waals surface area contributed by atoms with Crippen molar-refractivity contribution in [3.05, 3.63) is 12.2 Å². The summed E-state index contributed by atoms with van der Waals surface area (Å²) in [7, 11) is 1.58. The molecule has 5 rings (SSSR count). The van der Waals surface area contributed by atoms with Gasteiger partial charge in [0, 0.05) is 18.9 Å². The van der Waals surface area contributed by atoms with Crippen LogP contribution in [0.15, 0.2) is 12.2 Å². The average Bonchev–Trinajstić information content (AvgIpc) is 3.11. The molecule has 0 N–H and O–H groups in total. The third kappa shape index (κ3) is 0.788. The number of nitrogens with zero attached hydrogens (tertiary/aromatic N) is 1. The SMILES string of the molecule is CN1C(=O)[C@@H]2[C@H]3O[C@@H]([C@@H]2C1=O)[C@H]1[C@@H]3[C@H]2C=C[C@@H]1O2. The molecule has 5 aliphatic heterocycles. The smallest absolute Gasteiger partial charge is 0.235 e. The second kappa shape index (κ2) is 2.70. The van der Waals surface area contributed by atoms with Crippen molar-refractivity contribution in [3.63, 3.8) is 0 Å². The van der Waals surface area contributed by atoms with Crippen LogP contribution in [0.1, 0.15) is 0 Å². The third-order valence-electron chi connectivity index (χ3n) is 5.41. The van der Waals surface area contributed by atoms with Gasteiger partial charge >= 0.3 is 0 Å². The van der Waals surface area contributed by atoms with Crippen LogP contribution in [-0.2, 0) is 19.1 Å². The average molecular weight is 247 g/mol. The van der Waals surface area contributed by atoms with Crippen molar-refractivity contribution in [1.82, 2.24) is 4.90 Å². The lowest BCUT2D eigenvalue weighted by molar-refractivity contribution is -0.141. The maximum absolute atomic E-state index is 12.1. The van der Waals surface area contributed by atoms with Gasteiger partial charge in [0.15, 0.2) is 0 Å². The Balaban J connectivity index is 1.62. The lowest BCUT2D eigenvalue weighted by Crippen LogP contribution is -2.44. The van der Waals surface area contributed by atoms with Crippen LogP contribution in [0.2, 0.25) is 0 Å². The van der Waals surface area contributed by atoms with Gasteiger partial charge in [0.1, 0.15) is 0 Å². The Labute approximate surface area is 104 Å². The van der Waals surface area contributed by atoms with Crippen molar-refractivity contribution in [3.8, 4) is 0 Å². The molecule has 0 spiro atoms. The number of ether oxygens (including phenoxy) is 2. The van der Waals surface area contributed by atoms with Crippen molar-refractivity contribution >= 4 is 11.8 Å². The first-order chi connectivity index (χ1) is 8.68. The van der Waals surface area contributed by atoms with Gasteiger partial charge in [-0.1, -0.05) is 12.2 Å². The van der Waals surface area contributed by atoms with Gasteiger partial charge in [-0.2, -0.15) is 0 Å². The Hall–Kier alpha value is -1.20. The summed E-state index contributed by atoms with van der Waals surface area (Å²) in [4.78, 5) is 25.6. The van der Waals surface area contributed by atoms with Crippen molar-refractivity contribution in [2.45, 2.75) is 24.4 Å². The van der Waals surface area contributed by atoms with Gasteiger partial charge in [0.2, 0.25) is 11.8 Å². The molecule has 0 saturated carbocycles. The monoisotopic (exact) mass is 247 g/mol. The number of amides is 2. The second-order valence-corrected chi connectivity index (χ2v) is 5.96. The van der Waals surface area contributed by atoms with E-state index < -0.39 is 0 Å². The summed E-state index contributed by atoms with van der Waals surface area (Å²) >= 11 is 0. The van der Waals surface area contributed by atoms with Crippen LogP contribution in [0, 0.1) is 23.7 Å². The Morgan fingerprint density at radius 2 is 1.44 bits per heavy atom. The van der Waals surface area contributed by atoms with Crippen LogP contribution >= 0.6 is 0 Å². The van der Waals surface area contributed by atoms with Gasteiger partial charge in [0.25, 0.3) is 0 Å². The highest BCUT2D eigenvalue weighted by atomic mass is 16.5. The van der Waals surface area contributed by atoms with Crippen molar-refractivity contribution in [2.75, 3.05) is 7.05 Å². The van der Waals surface area contributed by atoms with E-state index in [1.54, 1.807) is 7.05 Å². The Morgan fingerprint density at radius 1 is 0.944 bits per heavy atom. The molecule has 4 saturated heterocycles. The van der Waals surface area contributed by atoms with Crippen LogP contribution in [0.5, 0.6) is 0 Å². The molecule has 5 nitrogen and oxygen atoms in total. The fraction of sp³-hybridized carbons (Fsp3) is 0.692. The van der Waals surface area contributed by atoms with Gasteiger partial charge in [0.05, 0.1) is 36.3 Å². The Kier molecular flexibility index (Phi) is 1.45. The predicted octanol–water partition coefficient (Wildman–Crippen LogP) is -0.432. The quantitative estimate of drug-likeness (QED) is 0.430. The van der Waals surface area contributed by atoms with Gasteiger partial charge in [-0.05, 0) is 0 Å². The second-order valence-electron chi connectivity index (χ2n) is 5.96. The molecule has 8 atom stereocenters. The number of rotatable bonds is 0. The van der Waals surface area contributed by atoms with Crippen LogP contribution < -0.4 is 0 Å². The van der Waals surface area contributed by atoms with Crippen molar-refractivity contribution < 1.29 is 19.1 Å². The van der Waals surface area contributed by atoms with Crippen LogP contribution in [0.4, 0.5) is 0 Å². The lowest BCUT2D eigenvalue weighted by atomic mass is 9.65. The third-order valence-corrected chi connectivity index (χ3v) is 5.41. The fourth-order valence-electron chi connectivity index (χ4n) is 4.74. The molecule has 4 fully saturated rings. The zero-order chi connectivity index (χ0) is 12.2. The number of carbonyl (C=O) groups excluding carboxylic acids is 2. The topological polar surface area (TPSA) is 55.8 Å². The molecule has 5 heteroatoms. The van der Waals surface area contributed by atoms with Gasteiger partial charge in [-0.25, -0.2) is 0 Å². The maximum atomic E-state index is 12.1. The predicted molar refractivity (Wildman–Crippen MR) is 58.2 cm³/mol. The molecule has 5 aliphatic rings. The largest absolute Gasteiger partial charge is 0.372 e. The number of hydrogen-bond donors (Lipinski definition) is 0. The molecule has 0 unspecified atom stereocenters. The summed E-state index contributed by atoms with van der Waals surface area (Å²) in [5, 5.41) is 0.